The third-order valence-electron chi connectivity index (χ3n) is 5.17. The second kappa shape index (κ2) is 8.90. The van der Waals surface area contributed by atoms with Crippen LogP contribution in [0.5, 0.6) is 0 Å². The normalized spacial score (nSPS) is 25.9. The van der Waals surface area contributed by atoms with Crippen LogP contribution in [0.25, 0.3) is 0 Å². The van der Waals surface area contributed by atoms with E-state index < -0.39 is 6.04 Å². The average Bonchev–Trinajstić information content (AvgIpc) is 3.24. The highest BCUT2D eigenvalue weighted by Crippen LogP contribution is 2.32. The molecule has 1 aromatic rings. The van der Waals surface area contributed by atoms with Gasteiger partial charge in [-0.3, -0.25) is 9.59 Å². The van der Waals surface area contributed by atoms with E-state index in [9.17, 15) is 9.59 Å². The van der Waals surface area contributed by atoms with Crippen LogP contribution in [0.4, 0.5) is 0 Å². The maximum Gasteiger partial charge on any atom is 0.233 e. The van der Waals surface area contributed by atoms with Gasteiger partial charge < -0.3 is 14.5 Å². The maximum absolute atomic E-state index is 12.9. The van der Waals surface area contributed by atoms with Gasteiger partial charge in [-0.2, -0.15) is 0 Å². The largest absolute Gasteiger partial charge is 0.468 e. The van der Waals surface area contributed by atoms with Crippen LogP contribution < -0.4 is 5.32 Å². The lowest BCUT2D eigenvalue weighted by molar-refractivity contribution is -0.126. The number of hydrogen-bond donors (Lipinski definition) is 1. The van der Waals surface area contributed by atoms with Crippen molar-refractivity contribution in [2.75, 3.05) is 6.61 Å². The number of nitrogens with one attached hydrogen (secondary N) is 1. The Bertz CT molecular complexity index is 568. The van der Waals surface area contributed by atoms with Gasteiger partial charge in [0.25, 0.3) is 0 Å². The van der Waals surface area contributed by atoms with E-state index in [2.05, 4.69) is 5.32 Å². The van der Waals surface area contributed by atoms with Crippen molar-refractivity contribution in [2.45, 2.75) is 68.6 Å². The highest BCUT2D eigenvalue weighted by Gasteiger charge is 2.36. The predicted molar refractivity (Wildman–Crippen MR) is 97.3 cm³/mol. The lowest BCUT2D eigenvalue weighted by atomic mass is 9.86. The topological polar surface area (TPSA) is 68.5 Å². The van der Waals surface area contributed by atoms with Crippen LogP contribution >= 0.6 is 11.8 Å². The first-order valence-corrected chi connectivity index (χ1v) is 10.3. The van der Waals surface area contributed by atoms with Crippen molar-refractivity contribution in [3.05, 3.63) is 24.2 Å². The van der Waals surface area contributed by atoms with E-state index in [1.54, 1.807) is 18.0 Å². The molecule has 0 spiro atoms. The zero-order valence-electron chi connectivity index (χ0n) is 14.7. The fraction of sp³-hybridized carbons (Fsp3) is 0.684. The van der Waals surface area contributed by atoms with Gasteiger partial charge in [0.15, 0.2) is 5.78 Å². The summed E-state index contributed by atoms with van der Waals surface area (Å²) in [6.07, 6.45) is 8.50. The number of carbonyl (C=O) groups excluding carboxylic acids is 2. The van der Waals surface area contributed by atoms with Crippen LogP contribution in [0.3, 0.4) is 0 Å². The molecule has 1 aliphatic heterocycles. The fourth-order valence-electron chi connectivity index (χ4n) is 3.66. The number of rotatable bonds is 7. The molecule has 2 heterocycles. The van der Waals surface area contributed by atoms with Gasteiger partial charge in [-0.05, 0) is 31.4 Å². The third kappa shape index (κ3) is 5.11. The second-order valence-electron chi connectivity index (χ2n) is 7.09. The Morgan fingerprint density at radius 3 is 2.80 bits per heavy atom. The summed E-state index contributed by atoms with van der Waals surface area (Å²) < 4.78 is 10.7. The SMILES string of the molecule is CC1OCC(=O)[C@@H]1NC(=O)[C@H](CC1CCCCC1)SCc1ccco1. The smallest absolute Gasteiger partial charge is 0.233 e. The Morgan fingerprint density at radius 1 is 1.36 bits per heavy atom. The van der Waals surface area contributed by atoms with Gasteiger partial charge in [0, 0.05) is 0 Å². The van der Waals surface area contributed by atoms with E-state index in [0.717, 1.165) is 12.2 Å². The highest BCUT2D eigenvalue weighted by atomic mass is 32.2. The molecular formula is C19H27NO4S. The Hall–Kier alpha value is -1.27. The lowest BCUT2D eigenvalue weighted by Crippen LogP contribution is -2.47. The monoisotopic (exact) mass is 365 g/mol. The zero-order valence-corrected chi connectivity index (χ0v) is 15.6. The number of carbonyl (C=O) groups is 2. The summed E-state index contributed by atoms with van der Waals surface area (Å²) in [6.45, 7) is 1.93. The summed E-state index contributed by atoms with van der Waals surface area (Å²) in [4.78, 5) is 24.8. The highest BCUT2D eigenvalue weighted by molar-refractivity contribution is 7.99. The van der Waals surface area contributed by atoms with Gasteiger partial charge in [0.05, 0.1) is 23.4 Å². The van der Waals surface area contributed by atoms with E-state index >= 15 is 0 Å². The third-order valence-corrected chi connectivity index (χ3v) is 6.43. The number of ether oxygens (including phenoxy) is 1. The number of furan rings is 1. The number of hydrogen-bond acceptors (Lipinski definition) is 5. The molecule has 5 nitrogen and oxygen atoms in total. The standard InChI is InChI=1S/C19H27NO4S/c1-13-18(16(21)11-24-13)20-19(22)17(10-14-6-3-2-4-7-14)25-12-15-8-5-9-23-15/h5,8-9,13-14,17-18H,2-4,6-7,10-12H2,1H3,(H,20,22)/t13?,17-,18+/m0/s1. The molecule has 138 valence electrons. The molecule has 2 fully saturated rings. The second-order valence-corrected chi connectivity index (χ2v) is 8.28. The van der Waals surface area contributed by atoms with Crippen LogP contribution in [0, 0.1) is 5.92 Å². The van der Waals surface area contributed by atoms with Crippen molar-refractivity contribution >= 4 is 23.5 Å². The van der Waals surface area contributed by atoms with E-state index in [0.29, 0.717) is 11.7 Å². The molecule has 0 radical (unpaired) electrons. The zero-order chi connectivity index (χ0) is 17.6. The first-order chi connectivity index (χ1) is 12.1. The molecule has 1 aromatic heterocycles. The molecule has 1 saturated heterocycles. The van der Waals surface area contributed by atoms with Crippen LogP contribution in [0.2, 0.25) is 0 Å². The Balaban J connectivity index is 1.61. The minimum absolute atomic E-state index is 0.0340. The molecule has 1 unspecified atom stereocenters. The van der Waals surface area contributed by atoms with Crippen molar-refractivity contribution in [1.29, 1.82) is 0 Å². The summed E-state index contributed by atoms with van der Waals surface area (Å²) in [7, 11) is 0. The van der Waals surface area contributed by atoms with Crippen LogP contribution in [0.15, 0.2) is 22.8 Å². The van der Waals surface area contributed by atoms with Crippen LogP contribution in [-0.2, 0) is 20.1 Å². The summed E-state index contributed by atoms with van der Waals surface area (Å²) in [5, 5.41) is 2.77. The van der Waals surface area contributed by atoms with Crippen molar-refractivity contribution in [3.8, 4) is 0 Å². The van der Waals surface area contributed by atoms with Crippen LogP contribution in [0.1, 0.15) is 51.2 Å². The Labute approximate surface area is 153 Å². The molecule has 0 bridgehead atoms. The molecule has 3 rings (SSSR count). The molecule has 3 atom stereocenters. The molecule has 6 heteroatoms. The van der Waals surface area contributed by atoms with Crippen molar-refractivity contribution in [3.63, 3.8) is 0 Å². The number of ketones is 1. The first-order valence-electron chi connectivity index (χ1n) is 9.22. The maximum atomic E-state index is 12.9. The minimum atomic E-state index is -0.509. The van der Waals surface area contributed by atoms with Gasteiger partial charge in [0.2, 0.25) is 5.91 Å². The summed E-state index contributed by atoms with van der Waals surface area (Å²) in [6, 6.07) is 3.28. The molecule has 1 saturated carbocycles. The average molecular weight is 365 g/mol. The van der Waals surface area contributed by atoms with Gasteiger partial charge in [-0.25, -0.2) is 0 Å². The predicted octanol–water partition coefficient (Wildman–Crippen LogP) is 3.32. The molecule has 1 aliphatic carbocycles. The van der Waals surface area contributed by atoms with Crippen molar-refractivity contribution in [2.24, 2.45) is 5.92 Å². The molecule has 1 N–H and O–H groups in total. The van der Waals surface area contributed by atoms with E-state index in [1.165, 1.54) is 32.1 Å². The van der Waals surface area contributed by atoms with Crippen molar-refractivity contribution in [1.82, 2.24) is 5.32 Å². The van der Waals surface area contributed by atoms with Gasteiger partial charge in [-0.1, -0.05) is 32.1 Å². The molecule has 0 aromatic carbocycles. The lowest BCUT2D eigenvalue weighted by Gasteiger charge is -2.26. The molecule has 1 amide bonds. The van der Waals surface area contributed by atoms with Gasteiger partial charge in [0.1, 0.15) is 18.4 Å². The molecule has 25 heavy (non-hydrogen) atoms. The fourth-order valence-corrected chi connectivity index (χ4v) is 4.82. The molecular weight excluding hydrogens is 338 g/mol. The van der Waals surface area contributed by atoms with Crippen LogP contribution in [-0.4, -0.2) is 35.7 Å². The van der Waals surface area contributed by atoms with Gasteiger partial charge >= 0.3 is 0 Å². The summed E-state index contributed by atoms with van der Waals surface area (Å²) in [5.41, 5.74) is 0. The van der Waals surface area contributed by atoms with E-state index in [1.807, 2.05) is 19.1 Å². The number of Topliss-reactive ketones (excluding diaryl/α,β-unsaturated/α-hetero) is 1. The Kier molecular flexibility index (Phi) is 6.59. The molecule has 2 aliphatic rings. The van der Waals surface area contributed by atoms with Crippen molar-refractivity contribution < 1.29 is 18.7 Å². The van der Waals surface area contributed by atoms with E-state index in [4.69, 9.17) is 9.15 Å². The quantitative estimate of drug-likeness (QED) is 0.803. The minimum Gasteiger partial charge on any atom is -0.468 e. The van der Waals surface area contributed by atoms with E-state index in [-0.39, 0.29) is 29.7 Å². The first kappa shape index (κ1) is 18.5. The Morgan fingerprint density at radius 2 is 2.16 bits per heavy atom. The number of amides is 1. The number of thioether (sulfide) groups is 1. The summed E-state index contributed by atoms with van der Waals surface area (Å²) >= 11 is 1.61. The van der Waals surface area contributed by atoms with Gasteiger partial charge in [-0.15, -0.1) is 11.8 Å². The summed E-state index contributed by atoms with van der Waals surface area (Å²) in [5.74, 6) is 2.07.